The highest BCUT2D eigenvalue weighted by Crippen LogP contribution is 2.31. The van der Waals surface area contributed by atoms with E-state index in [1.807, 2.05) is 25.1 Å². The van der Waals surface area contributed by atoms with E-state index in [1.54, 1.807) is 12.1 Å². The Balaban J connectivity index is 1.91. The topological polar surface area (TPSA) is 77.8 Å². The molecular formula is C15H11BrClN3O2S. The molecule has 1 aromatic heterocycles. The predicted octanol–water partition coefficient (Wildman–Crippen LogP) is 4.06. The molecule has 0 fully saturated rings. The SMILES string of the molecule is Cc1cc(NSc2cc3[nH]c(=O)c(=O)[nH]c3cc2Cl)ccc1Br. The molecule has 0 aliphatic heterocycles. The Bertz CT molecular complexity index is 1020. The van der Waals surface area contributed by atoms with Crippen LogP contribution in [0.4, 0.5) is 5.69 Å². The maximum atomic E-state index is 11.4. The predicted molar refractivity (Wildman–Crippen MR) is 98.6 cm³/mol. The molecule has 118 valence electrons. The minimum atomic E-state index is -0.697. The van der Waals surface area contributed by atoms with Gasteiger partial charge in [0.05, 0.1) is 16.1 Å². The molecule has 0 aliphatic rings. The van der Waals surface area contributed by atoms with Gasteiger partial charge < -0.3 is 14.7 Å². The van der Waals surface area contributed by atoms with Gasteiger partial charge in [0.1, 0.15) is 0 Å². The lowest BCUT2D eigenvalue weighted by Gasteiger charge is -2.09. The van der Waals surface area contributed by atoms with E-state index in [9.17, 15) is 9.59 Å². The van der Waals surface area contributed by atoms with Gasteiger partial charge in [0.15, 0.2) is 0 Å². The van der Waals surface area contributed by atoms with Gasteiger partial charge in [-0.1, -0.05) is 27.5 Å². The summed E-state index contributed by atoms with van der Waals surface area (Å²) in [7, 11) is 0. The molecule has 0 unspecified atom stereocenters. The minimum absolute atomic E-state index is 0.478. The first-order valence-electron chi connectivity index (χ1n) is 6.59. The van der Waals surface area contributed by atoms with Crippen LogP contribution in [0.15, 0.2) is 49.3 Å². The zero-order chi connectivity index (χ0) is 16.6. The highest BCUT2D eigenvalue weighted by molar-refractivity contribution is 9.10. The molecule has 5 nitrogen and oxygen atoms in total. The summed E-state index contributed by atoms with van der Waals surface area (Å²) in [5.74, 6) is 0. The van der Waals surface area contributed by atoms with Crippen LogP contribution < -0.4 is 15.8 Å². The first-order valence-corrected chi connectivity index (χ1v) is 8.57. The standard InChI is InChI=1S/C15H11BrClN3O2S/c1-7-4-8(2-3-9(7)16)20-23-13-6-12-11(5-10(13)17)18-14(21)15(22)19-12/h2-6,20H,1H3,(H,18,21)(H,19,22). The van der Waals surface area contributed by atoms with Crippen LogP contribution in [0.25, 0.3) is 11.0 Å². The second-order valence-corrected chi connectivity index (χ2v) is 7.01. The molecule has 23 heavy (non-hydrogen) atoms. The Morgan fingerprint density at radius 2 is 1.74 bits per heavy atom. The third-order valence-electron chi connectivity index (χ3n) is 3.21. The third kappa shape index (κ3) is 3.46. The second kappa shape index (κ2) is 6.43. The van der Waals surface area contributed by atoms with Gasteiger partial charge in [-0.15, -0.1) is 0 Å². The number of benzene rings is 2. The van der Waals surface area contributed by atoms with Gasteiger partial charge in [-0.25, -0.2) is 0 Å². The van der Waals surface area contributed by atoms with Gasteiger partial charge in [-0.05, 0) is 54.8 Å². The maximum absolute atomic E-state index is 11.4. The van der Waals surface area contributed by atoms with Crippen molar-refractivity contribution in [2.24, 2.45) is 0 Å². The van der Waals surface area contributed by atoms with Crippen molar-refractivity contribution >= 4 is 56.2 Å². The summed E-state index contributed by atoms with van der Waals surface area (Å²) >= 11 is 11.0. The Hall–Kier alpha value is -1.70. The highest BCUT2D eigenvalue weighted by Gasteiger charge is 2.07. The summed E-state index contributed by atoms with van der Waals surface area (Å²) < 4.78 is 4.25. The van der Waals surface area contributed by atoms with Crippen molar-refractivity contribution in [2.45, 2.75) is 11.8 Å². The van der Waals surface area contributed by atoms with Crippen LogP contribution in [0.1, 0.15) is 5.56 Å². The van der Waals surface area contributed by atoms with Crippen LogP contribution in [-0.4, -0.2) is 9.97 Å². The van der Waals surface area contributed by atoms with E-state index in [0.717, 1.165) is 20.6 Å². The maximum Gasteiger partial charge on any atom is 0.314 e. The van der Waals surface area contributed by atoms with Crippen LogP contribution in [-0.2, 0) is 0 Å². The fourth-order valence-corrected chi connectivity index (χ4v) is 3.23. The van der Waals surface area contributed by atoms with Crippen molar-refractivity contribution in [1.29, 1.82) is 0 Å². The Morgan fingerprint density at radius 3 is 2.39 bits per heavy atom. The molecular weight excluding hydrogens is 402 g/mol. The zero-order valence-corrected chi connectivity index (χ0v) is 15.0. The van der Waals surface area contributed by atoms with Gasteiger partial charge in [-0.2, -0.15) is 0 Å². The van der Waals surface area contributed by atoms with Crippen LogP contribution in [0, 0.1) is 6.92 Å². The second-order valence-electron chi connectivity index (χ2n) is 4.90. The van der Waals surface area contributed by atoms with E-state index in [0.29, 0.717) is 16.1 Å². The van der Waals surface area contributed by atoms with Crippen molar-refractivity contribution in [3.05, 3.63) is 66.1 Å². The molecule has 2 aromatic carbocycles. The number of fused-ring (bicyclic) bond motifs is 1. The summed E-state index contributed by atoms with van der Waals surface area (Å²) in [6.45, 7) is 2.00. The first kappa shape index (κ1) is 16.2. The van der Waals surface area contributed by atoms with Gasteiger partial charge in [-0.3, -0.25) is 9.59 Å². The number of aromatic nitrogens is 2. The molecule has 0 amide bonds. The van der Waals surface area contributed by atoms with Crippen LogP contribution in [0.3, 0.4) is 0 Å². The van der Waals surface area contributed by atoms with Gasteiger partial charge in [0.25, 0.3) is 0 Å². The minimum Gasteiger partial charge on any atom is -0.326 e. The fraction of sp³-hybridized carbons (Fsp3) is 0.0667. The molecule has 0 saturated heterocycles. The van der Waals surface area contributed by atoms with Crippen LogP contribution in [0.5, 0.6) is 0 Å². The van der Waals surface area contributed by atoms with E-state index in [1.165, 1.54) is 11.9 Å². The molecule has 3 aromatic rings. The van der Waals surface area contributed by atoms with E-state index in [4.69, 9.17) is 11.6 Å². The molecule has 8 heteroatoms. The Labute approximate surface area is 148 Å². The summed E-state index contributed by atoms with van der Waals surface area (Å²) in [6, 6.07) is 9.25. The molecule has 0 atom stereocenters. The largest absolute Gasteiger partial charge is 0.326 e. The molecule has 0 bridgehead atoms. The normalized spacial score (nSPS) is 10.9. The van der Waals surface area contributed by atoms with Crippen molar-refractivity contribution in [2.75, 3.05) is 4.72 Å². The average Bonchev–Trinajstić information content (AvgIpc) is 2.50. The molecule has 0 spiro atoms. The Kier molecular flexibility index (Phi) is 4.52. The zero-order valence-electron chi connectivity index (χ0n) is 11.9. The van der Waals surface area contributed by atoms with E-state index in [-0.39, 0.29) is 0 Å². The smallest absolute Gasteiger partial charge is 0.314 e. The molecule has 0 radical (unpaired) electrons. The van der Waals surface area contributed by atoms with Crippen molar-refractivity contribution < 1.29 is 0 Å². The van der Waals surface area contributed by atoms with E-state index < -0.39 is 11.1 Å². The lowest BCUT2D eigenvalue weighted by atomic mass is 10.2. The molecule has 0 saturated carbocycles. The van der Waals surface area contributed by atoms with Crippen molar-refractivity contribution in [3.63, 3.8) is 0 Å². The fourth-order valence-electron chi connectivity index (χ4n) is 2.02. The quantitative estimate of drug-likeness (QED) is 0.448. The lowest BCUT2D eigenvalue weighted by molar-refractivity contribution is 1.14. The summed E-state index contributed by atoms with van der Waals surface area (Å²) in [5, 5.41) is 0.478. The molecule has 1 heterocycles. The number of halogens is 2. The van der Waals surface area contributed by atoms with Gasteiger partial charge >= 0.3 is 11.1 Å². The number of aryl methyl sites for hydroxylation is 1. The van der Waals surface area contributed by atoms with Crippen LogP contribution >= 0.6 is 39.5 Å². The number of hydrogen-bond donors (Lipinski definition) is 3. The molecule has 3 rings (SSSR count). The lowest BCUT2D eigenvalue weighted by Crippen LogP contribution is -2.28. The van der Waals surface area contributed by atoms with Gasteiger partial charge in [0.2, 0.25) is 0 Å². The average molecular weight is 413 g/mol. The van der Waals surface area contributed by atoms with E-state index in [2.05, 4.69) is 30.6 Å². The molecule has 0 aliphatic carbocycles. The summed E-state index contributed by atoms with van der Waals surface area (Å²) in [5.41, 5.74) is 1.67. The number of nitrogens with one attached hydrogen (secondary N) is 3. The first-order chi connectivity index (χ1) is 10.9. The highest BCUT2D eigenvalue weighted by atomic mass is 79.9. The number of hydrogen-bond acceptors (Lipinski definition) is 4. The Morgan fingerprint density at radius 1 is 1.09 bits per heavy atom. The number of aromatic amines is 2. The number of anilines is 1. The summed E-state index contributed by atoms with van der Waals surface area (Å²) in [4.78, 5) is 28.5. The number of rotatable bonds is 3. The molecule has 3 N–H and O–H groups in total. The van der Waals surface area contributed by atoms with Crippen LogP contribution in [0.2, 0.25) is 5.02 Å². The van der Waals surface area contributed by atoms with E-state index >= 15 is 0 Å². The summed E-state index contributed by atoms with van der Waals surface area (Å²) in [6.07, 6.45) is 0. The van der Waals surface area contributed by atoms with Crippen molar-refractivity contribution in [1.82, 2.24) is 9.97 Å². The number of H-pyrrole nitrogens is 2. The third-order valence-corrected chi connectivity index (χ3v) is 5.42. The monoisotopic (exact) mass is 411 g/mol. The van der Waals surface area contributed by atoms with Crippen molar-refractivity contribution in [3.8, 4) is 0 Å². The van der Waals surface area contributed by atoms with Gasteiger partial charge in [0, 0.05) is 15.1 Å².